The second-order valence-corrected chi connectivity index (χ2v) is 4.66. The van der Waals surface area contributed by atoms with Gasteiger partial charge in [0.1, 0.15) is 5.78 Å². The van der Waals surface area contributed by atoms with Gasteiger partial charge in [0, 0.05) is 7.05 Å². The van der Waals surface area contributed by atoms with Crippen molar-refractivity contribution in [3.8, 4) is 0 Å². The molecule has 1 aromatic carbocycles. The fourth-order valence-electron chi connectivity index (χ4n) is 2.04. The van der Waals surface area contributed by atoms with Gasteiger partial charge < -0.3 is 0 Å². The van der Waals surface area contributed by atoms with Crippen molar-refractivity contribution >= 4 is 16.7 Å². The first-order valence-electron chi connectivity index (χ1n) is 5.93. The van der Waals surface area contributed by atoms with Gasteiger partial charge in [-0.2, -0.15) is 13.2 Å². The molecule has 0 amide bonds. The van der Waals surface area contributed by atoms with E-state index in [9.17, 15) is 27.6 Å². The van der Waals surface area contributed by atoms with Crippen molar-refractivity contribution < 1.29 is 18.0 Å². The van der Waals surface area contributed by atoms with Crippen LogP contribution in [0.4, 0.5) is 13.2 Å². The van der Waals surface area contributed by atoms with Crippen LogP contribution in [0.2, 0.25) is 0 Å². The summed E-state index contributed by atoms with van der Waals surface area (Å²) in [7, 11) is 1.25. The summed E-state index contributed by atoms with van der Waals surface area (Å²) in [5, 5.41) is -0.0497. The largest absolute Gasteiger partial charge is 0.416 e. The molecule has 0 saturated carbocycles. The van der Waals surface area contributed by atoms with Crippen LogP contribution in [0.25, 0.3) is 10.9 Å². The lowest BCUT2D eigenvalue weighted by molar-refractivity contribution is -0.137. The summed E-state index contributed by atoms with van der Waals surface area (Å²) >= 11 is 0. The van der Waals surface area contributed by atoms with Crippen molar-refractivity contribution in [2.75, 3.05) is 0 Å². The molecule has 21 heavy (non-hydrogen) atoms. The number of halogens is 3. The standard InChI is InChI=1S/C13H11F3N2O3/c1-7(19)6-18-11(20)9-4-3-8(13(14,15)16)5-10(9)17(2)12(18)21/h3-5H,6H2,1-2H3. The third-order valence-corrected chi connectivity index (χ3v) is 3.06. The van der Waals surface area contributed by atoms with Gasteiger partial charge >= 0.3 is 11.9 Å². The third kappa shape index (κ3) is 2.61. The summed E-state index contributed by atoms with van der Waals surface area (Å²) in [5.41, 5.74) is -2.69. The maximum absolute atomic E-state index is 12.7. The van der Waals surface area contributed by atoms with Gasteiger partial charge in [-0.1, -0.05) is 0 Å². The average molecular weight is 300 g/mol. The second-order valence-electron chi connectivity index (χ2n) is 4.66. The molecule has 5 nitrogen and oxygen atoms in total. The Morgan fingerprint density at radius 2 is 1.86 bits per heavy atom. The molecular weight excluding hydrogens is 289 g/mol. The van der Waals surface area contributed by atoms with Crippen LogP contribution in [-0.4, -0.2) is 14.9 Å². The molecule has 8 heteroatoms. The number of ketones is 1. The van der Waals surface area contributed by atoms with Crippen molar-refractivity contribution in [3.63, 3.8) is 0 Å². The Balaban J connectivity index is 2.86. The van der Waals surface area contributed by atoms with Crippen molar-refractivity contribution in [1.29, 1.82) is 0 Å². The fraction of sp³-hybridized carbons (Fsp3) is 0.308. The number of benzene rings is 1. The molecule has 2 aromatic rings. The van der Waals surface area contributed by atoms with Gasteiger partial charge in [0.25, 0.3) is 5.56 Å². The number of carbonyl (C=O) groups excluding carboxylic acids is 1. The van der Waals surface area contributed by atoms with Crippen molar-refractivity contribution in [2.45, 2.75) is 19.6 Å². The lowest BCUT2D eigenvalue weighted by Crippen LogP contribution is -2.40. The summed E-state index contributed by atoms with van der Waals surface area (Å²) < 4.78 is 39.7. The molecule has 0 bridgehead atoms. The van der Waals surface area contributed by atoms with E-state index >= 15 is 0 Å². The number of alkyl halides is 3. The Labute approximate surface area is 116 Å². The van der Waals surface area contributed by atoms with Crippen LogP contribution in [0.3, 0.4) is 0 Å². The van der Waals surface area contributed by atoms with Crippen LogP contribution in [0.1, 0.15) is 12.5 Å². The predicted molar refractivity (Wildman–Crippen MR) is 69.1 cm³/mol. The lowest BCUT2D eigenvalue weighted by Gasteiger charge is -2.12. The molecule has 0 aliphatic rings. The highest BCUT2D eigenvalue weighted by molar-refractivity contribution is 5.80. The van der Waals surface area contributed by atoms with E-state index in [0.29, 0.717) is 4.57 Å². The molecular formula is C13H11F3N2O3. The Hall–Kier alpha value is -2.38. The van der Waals surface area contributed by atoms with Crippen LogP contribution >= 0.6 is 0 Å². The molecule has 1 heterocycles. The Bertz CT molecular complexity index is 847. The summed E-state index contributed by atoms with van der Waals surface area (Å²) in [4.78, 5) is 35.2. The van der Waals surface area contributed by atoms with Crippen LogP contribution in [0.15, 0.2) is 27.8 Å². The normalized spacial score (nSPS) is 11.9. The SMILES string of the molecule is CC(=O)Cn1c(=O)c2ccc(C(F)(F)F)cc2n(C)c1=O. The summed E-state index contributed by atoms with van der Waals surface area (Å²) in [6.45, 7) is 0.797. The highest BCUT2D eigenvalue weighted by Gasteiger charge is 2.31. The number of hydrogen-bond acceptors (Lipinski definition) is 3. The maximum Gasteiger partial charge on any atom is 0.416 e. The summed E-state index contributed by atoms with van der Waals surface area (Å²) in [5.74, 6) is -0.402. The summed E-state index contributed by atoms with van der Waals surface area (Å²) in [6.07, 6.45) is -4.57. The number of aromatic nitrogens is 2. The minimum absolute atomic E-state index is 0.0497. The van der Waals surface area contributed by atoms with E-state index in [2.05, 4.69) is 0 Å². The zero-order valence-corrected chi connectivity index (χ0v) is 11.2. The predicted octanol–water partition coefficient (Wildman–Crippen LogP) is 1.31. The first-order chi connectivity index (χ1) is 9.62. The Morgan fingerprint density at radius 1 is 1.24 bits per heavy atom. The Morgan fingerprint density at radius 3 is 2.38 bits per heavy atom. The van der Waals surface area contributed by atoms with Crippen LogP contribution in [0, 0.1) is 0 Å². The van der Waals surface area contributed by atoms with E-state index in [1.807, 2.05) is 0 Å². The molecule has 0 aliphatic heterocycles. The summed E-state index contributed by atoms with van der Waals surface area (Å²) in [6, 6.07) is 2.53. The Kier molecular flexibility index (Phi) is 3.48. The third-order valence-electron chi connectivity index (χ3n) is 3.06. The molecule has 0 N–H and O–H groups in total. The number of aryl methyl sites for hydroxylation is 1. The fourth-order valence-corrected chi connectivity index (χ4v) is 2.04. The first-order valence-corrected chi connectivity index (χ1v) is 5.93. The molecule has 0 fully saturated rings. The smallest absolute Gasteiger partial charge is 0.298 e. The molecule has 0 saturated heterocycles. The highest BCUT2D eigenvalue weighted by atomic mass is 19.4. The quantitative estimate of drug-likeness (QED) is 0.840. The van der Waals surface area contributed by atoms with Gasteiger partial charge in [0.15, 0.2) is 0 Å². The zero-order chi connectivity index (χ0) is 15.9. The number of rotatable bonds is 2. The van der Waals surface area contributed by atoms with Crippen molar-refractivity contribution in [3.05, 3.63) is 44.6 Å². The monoisotopic (exact) mass is 300 g/mol. The van der Waals surface area contributed by atoms with Gasteiger partial charge in [-0.25, -0.2) is 4.79 Å². The molecule has 0 unspecified atom stereocenters. The molecule has 0 aliphatic carbocycles. The van der Waals surface area contributed by atoms with Crippen LogP contribution < -0.4 is 11.2 Å². The van der Waals surface area contributed by atoms with Gasteiger partial charge in [-0.05, 0) is 25.1 Å². The van der Waals surface area contributed by atoms with E-state index < -0.39 is 35.3 Å². The average Bonchev–Trinajstić information content (AvgIpc) is 2.39. The van der Waals surface area contributed by atoms with E-state index in [0.717, 1.165) is 22.8 Å². The first kappa shape index (κ1) is 15.0. The number of Topliss-reactive ketones (excluding diaryl/α,β-unsaturated/α-hetero) is 1. The molecule has 2 rings (SSSR count). The van der Waals surface area contributed by atoms with Gasteiger partial charge in [0.05, 0.1) is 23.0 Å². The lowest BCUT2D eigenvalue weighted by atomic mass is 10.1. The molecule has 0 spiro atoms. The number of hydrogen-bond donors (Lipinski definition) is 0. The number of nitrogens with zero attached hydrogens (tertiary/aromatic N) is 2. The number of carbonyl (C=O) groups is 1. The maximum atomic E-state index is 12.7. The van der Waals surface area contributed by atoms with Gasteiger partial charge in [0.2, 0.25) is 0 Å². The van der Waals surface area contributed by atoms with Crippen LogP contribution in [-0.2, 0) is 24.6 Å². The highest BCUT2D eigenvalue weighted by Crippen LogP contribution is 2.30. The van der Waals surface area contributed by atoms with E-state index in [1.165, 1.54) is 14.0 Å². The minimum atomic E-state index is -4.57. The molecule has 0 radical (unpaired) electrons. The van der Waals surface area contributed by atoms with E-state index in [1.54, 1.807) is 0 Å². The minimum Gasteiger partial charge on any atom is -0.298 e. The molecule has 0 atom stereocenters. The molecule has 112 valence electrons. The van der Waals surface area contributed by atoms with E-state index in [-0.39, 0.29) is 10.9 Å². The zero-order valence-electron chi connectivity index (χ0n) is 11.2. The van der Waals surface area contributed by atoms with Crippen molar-refractivity contribution in [1.82, 2.24) is 9.13 Å². The van der Waals surface area contributed by atoms with Crippen LogP contribution in [0.5, 0.6) is 0 Å². The van der Waals surface area contributed by atoms with Gasteiger partial charge in [-0.3, -0.25) is 18.7 Å². The number of fused-ring (bicyclic) bond motifs is 1. The van der Waals surface area contributed by atoms with E-state index in [4.69, 9.17) is 0 Å². The van der Waals surface area contributed by atoms with Gasteiger partial charge in [-0.15, -0.1) is 0 Å². The second kappa shape index (κ2) is 4.87. The molecule has 1 aromatic heterocycles. The topological polar surface area (TPSA) is 61.1 Å². The van der Waals surface area contributed by atoms with Crippen molar-refractivity contribution in [2.24, 2.45) is 7.05 Å².